The number of nitro groups is 1. The second-order valence-corrected chi connectivity index (χ2v) is 8.81. The number of nitro benzene ring substituents is 1. The van der Waals surface area contributed by atoms with Gasteiger partial charge in [-0.05, 0) is 58.6 Å². The van der Waals surface area contributed by atoms with Crippen molar-refractivity contribution in [3.63, 3.8) is 0 Å². The molecule has 0 fully saturated rings. The highest BCUT2D eigenvalue weighted by Crippen LogP contribution is 2.35. The Bertz CT molecular complexity index is 1090. The molecule has 0 unspecified atom stereocenters. The van der Waals surface area contributed by atoms with Gasteiger partial charge in [0.15, 0.2) is 5.75 Å². The number of pyridine rings is 1. The standard InChI is InChI=1S/C27H38N2O5/c1-6-8-16-28-24-19-22(29(31)32)13-14-23(24)25(26(27(28)30)33-17-9-7-2)34-18-15-21(5)12-10-11-20(3)4/h11,13-15,19H,6-10,12,16-18H2,1-5H3/b21-15+. The van der Waals surface area contributed by atoms with Gasteiger partial charge in [0.2, 0.25) is 5.75 Å². The third kappa shape index (κ3) is 7.47. The molecular formula is C27H38N2O5. The van der Waals surface area contributed by atoms with Gasteiger partial charge in [0.1, 0.15) is 6.61 Å². The molecule has 0 N–H and O–H groups in total. The molecule has 0 bridgehead atoms. The van der Waals surface area contributed by atoms with Crippen molar-refractivity contribution in [1.82, 2.24) is 4.57 Å². The summed E-state index contributed by atoms with van der Waals surface area (Å²) in [4.78, 5) is 24.4. The third-order valence-electron chi connectivity index (χ3n) is 5.60. The van der Waals surface area contributed by atoms with Crippen molar-refractivity contribution in [2.24, 2.45) is 0 Å². The van der Waals surface area contributed by atoms with Crippen molar-refractivity contribution in [2.45, 2.75) is 79.7 Å². The number of aryl methyl sites for hydroxylation is 1. The molecule has 1 aromatic heterocycles. The number of unbranched alkanes of at least 4 members (excludes halogenated alkanes) is 2. The number of aromatic nitrogens is 1. The minimum absolute atomic E-state index is 0.0576. The van der Waals surface area contributed by atoms with E-state index in [1.54, 1.807) is 10.6 Å². The van der Waals surface area contributed by atoms with E-state index in [0.29, 0.717) is 29.8 Å². The number of ether oxygens (including phenoxy) is 2. The predicted molar refractivity (Wildman–Crippen MR) is 138 cm³/mol. The van der Waals surface area contributed by atoms with Crippen LogP contribution in [0.4, 0.5) is 5.69 Å². The van der Waals surface area contributed by atoms with Crippen LogP contribution < -0.4 is 15.0 Å². The molecule has 0 atom stereocenters. The summed E-state index contributed by atoms with van der Waals surface area (Å²) in [5.41, 5.74) is 2.62. The quantitative estimate of drug-likeness (QED) is 0.129. The fraction of sp³-hybridized carbons (Fsp3) is 0.519. The molecule has 0 aliphatic rings. The van der Waals surface area contributed by atoms with Gasteiger partial charge in [-0.15, -0.1) is 0 Å². The first-order valence-electron chi connectivity index (χ1n) is 12.2. The van der Waals surface area contributed by atoms with Gasteiger partial charge in [0.05, 0.1) is 17.0 Å². The Morgan fingerprint density at radius 1 is 1.06 bits per heavy atom. The van der Waals surface area contributed by atoms with Crippen molar-refractivity contribution >= 4 is 16.6 Å². The SMILES string of the molecule is CCCCOc1c(OC/C=C(\C)CCC=C(C)C)c2ccc([N+](=O)[O-])cc2n(CCCC)c1=O. The summed E-state index contributed by atoms with van der Waals surface area (Å²) in [7, 11) is 0. The van der Waals surface area contributed by atoms with E-state index in [1.165, 1.54) is 23.3 Å². The third-order valence-corrected chi connectivity index (χ3v) is 5.60. The van der Waals surface area contributed by atoms with Crippen LogP contribution in [0.5, 0.6) is 11.5 Å². The lowest BCUT2D eigenvalue weighted by atomic mass is 10.1. The van der Waals surface area contributed by atoms with Gasteiger partial charge in [-0.1, -0.05) is 43.9 Å². The molecule has 0 spiro atoms. The summed E-state index contributed by atoms with van der Waals surface area (Å²) in [5.74, 6) is 0.536. The predicted octanol–water partition coefficient (Wildman–Crippen LogP) is 6.96. The van der Waals surface area contributed by atoms with Crippen LogP contribution in [0, 0.1) is 10.1 Å². The monoisotopic (exact) mass is 470 g/mol. The maximum atomic E-state index is 13.5. The summed E-state index contributed by atoms with van der Waals surface area (Å²) in [6.45, 7) is 11.5. The van der Waals surface area contributed by atoms with Gasteiger partial charge in [0, 0.05) is 24.1 Å². The highest BCUT2D eigenvalue weighted by Gasteiger charge is 2.21. The number of non-ortho nitro benzene ring substituents is 1. The lowest BCUT2D eigenvalue weighted by molar-refractivity contribution is -0.384. The molecule has 0 saturated carbocycles. The molecule has 7 heteroatoms. The zero-order valence-electron chi connectivity index (χ0n) is 21.2. The Morgan fingerprint density at radius 3 is 2.44 bits per heavy atom. The average Bonchev–Trinajstić information content (AvgIpc) is 2.79. The van der Waals surface area contributed by atoms with Crippen molar-refractivity contribution in [3.8, 4) is 11.5 Å². The number of hydrogen-bond acceptors (Lipinski definition) is 5. The molecule has 2 aromatic rings. The molecule has 7 nitrogen and oxygen atoms in total. The fourth-order valence-corrected chi connectivity index (χ4v) is 3.59. The summed E-state index contributed by atoms with van der Waals surface area (Å²) >= 11 is 0. The second-order valence-electron chi connectivity index (χ2n) is 8.81. The van der Waals surface area contributed by atoms with Gasteiger partial charge in [-0.3, -0.25) is 14.9 Å². The molecular weight excluding hydrogens is 432 g/mol. The fourth-order valence-electron chi connectivity index (χ4n) is 3.59. The second kappa shape index (κ2) is 13.6. The molecule has 0 amide bonds. The molecule has 0 aliphatic heterocycles. The van der Waals surface area contributed by atoms with Gasteiger partial charge in [-0.25, -0.2) is 0 Å². The smallest absolute Gasteiger partial charge is 0.297 e. The van der Waals surface area contributed by atoms with Gasteiger partial charge >= 0.3 is 0 Å². The number of hydrogen-bond donors (Lipinski definition) is 0. The van der Waals surface area contributed by atoms with Gasteiger partial charge < -0.3 is 14.0 Å². The Hall–Kier alpha value is -3.09. The van der Waals surface area contributed by atoms with E-state index in [-0.39, 0.29) is 23.6 Å². The number of allylic oxidation sites excluding steroid dienone is 3. The Kier molecular flexibility index (Phi) is 10.8. The van der Waals surface area contributed by atoms with Crippen LogP contribution in [0.1, 0.15) is 73.1 Å². The maximum absolute atomic E-state index is 13.5. The average molecular weight is 471 g/mol. The van der Waals surface area contributed by atoms with Crippen LogP contribution in [-0.2, 0) is 6.54 Å². The Labute approximate surface area is 202 Å². The normalized spacial score (nSPS) is 11.5. The van der Waals surface area contributed by atoms with Gasteiger partial charge in [0.25, 0.3) is 11.2 Å². The first-order chi connectivity index (χ1) is 16.3. The van der Waals surface area contributed by atoms with Crippen LogP contribution in [-0.4, -0.2) is 22.7 Å². The lowest BCUT2D eigenvalue weighted by Crippen LogP contribution is -2.24. The summed E-state index contributed by atoms with van der Waals surface area (Å²) in [6, 6.07) is 4.55. The van der Waals surface area contributed by atoms with Crippen molar-refractivity contribution in [1.29, 1.82) is 0 Å². The minimum atomic E-state index is -0.446. The molecule has 1 aromatic carbocycles. The lowest BCUT2D eigenvalue weighted by Gasteiger charge is -2.18. The van der Waals surface area contributed by atoms with Crippen LogP contribution in [0.15, 0.2) is 46.3 Å². The molecule has 1 heterocycles. The zero-order valence-corrected chi connectivity index (χ0v) is 21.2. The van der Waals surface area contributed by atoms with Gasteiger partial charge in [-0.2, -0.15) is 0 Å². The summed E-state index contributed by atoms with van der Waals surface area (Å²) < 4.78 is 13.6. The van der Waals surface area contributed by atoms with E-state index in [2.05, 4.69) is 33.8 Å². The van der Waals surface area contributed by atoms with E-state index in [4.69, 9.17) is 9.47 Å². The highest BCUT2D eigenvalue weighted by molar-refractivity contribution is 5.89. The van der Waals surface area contributed by atoms with Crippen LogP contribution in [0.25, 0.3) is 10.9 Å². The maximum Gasteiger partial charge on any atom is 0.297 e. The van der Waals surface area contributed by atoms with Crippen molar-refractivity contribution in [3.05, 3.63) is 62.0 Å². The topological polar surface area (TPSA) is 83.6 Å². The number of nitrogens with zero attached hydrogens (tertiary/aromatic N) is 2. The Morgan fingerprint density at radius 2 is 1.79 bits per heavy atom. The van der Waals surface area contributed by atoms with E-state index in [0.717, 1.165) is 38.5 Å². The molecule has 2 rings (SSSR count). The van der Waals surface area contributed by atoms with E-state index in [9.17, 15) is 14.9 Å². The summed E-state index contributed by atoms with van der Waals surface area (Å²) in [5, 5.41) is 12.0. The molecule has 0 radical (unpaired) electrons. The molecule has 0 saturated heterocycles. The molecule has 0 aliphatic carbocycles. The van der Waals surface area contributed by atoms with Crippen LogP contribution in [0.2, 0.25) is 0 Å². The Balaban J connectivity index is 2.52. The molecule has 34 heavy (non-hydrogen) atoms. The molecule has 186 valence electrons. The van der Waals surface area contributed by atoms with Crippen LogP contribution >= 0.6 is 0 Å². The first-order valence-corrected chi connectivity index (χ1v) is 12.2. The number of rotatable bonds is 14. The minimum Gasteiger partial charge on any atom is -0.485 e. The van der Waals surface area contributed by atoms with Crippen molar-refractivity contribution in [2.75, 3.05) is 13.2 Å². The van der Waals surface area contributed by atoms with Crippen molar-refractivity contribution < 1.29 is 14.4 Å². The number of fused-ring (bicyclic) bond motifs is 1. The van der Waals surface area contributed by atoms with E-state index in [1.807, 2.05) is 13.0 Å². The highest BCUT2D eigenvalue weighted by atomic mass is 16.6. The number of benzene rings is 1. The largest absolute Gasteiger partial charge is 0.485 e. The van der Waals surface area contributed by atoms with Crippen LogP contribution in [0.3, 0.4) is 0 Å². The summed E-state index contributed by atoms with van der Waals surface area (Å²) in [6.07, 6.45) is 9.53. The van der Waals surface area contributed by atoms with E-state index < -0.39 is 4.92 Å². The zero-order chi connectivity index (χ0) is 25.1. The first kappa shape index (κ1) is 27.2. The van der Waals surface area contributed by atoms with E-state index >= 15 is 0 Å².